The molecule has 0 radical (unpaired) electrons. The van der Waals surface area contributed by atoms with E-state index in [-0.39, 0.29) is 16.2 Å². The predicted molar refractivity (Wildman–Crippen MR) is 80.7 cm³/mol. The van der Waals surface area contributed by atoms with Crippen LogP contribution in [0.1, 0.15) is 10.4 Å². The van der Waals surface area contributed by atoms with Crippen LogP contribution in [0, 0.1) is 11.3 Å². The first-order chi connectivity index (χ1) is 11.3. The Morgan fingerprint density at radius 3 is 2.38 bits per heavy atom. The minimum Gasteiger partial charge on any atom is -0.496 e. The molecule has 0 spiro atoms. The molecule has 1 rings (SSSR count). The van der Waals surface area contributed by atoms with Crippen LogP contribution in [0.5, 0.6) is 5.75 Å². The summed E-state index contributed by atoms with van der Waals surface area (Å²) in [4.78, 5) is 22.8. The molecule has 0 atom stereocenters. The fourth-order valence-electron chi connectivity index (χ4n) is 1.78. The highest BCUT2D eigenvalue weighted by Crippen LogP contribution is 2.25. The van der Waals surface area contributed by atoms with Gasteiger partial charge in [-0.05, 0) is 18.2 Å². The van der Waals surface area contributed by atoms with E-state index < -0.39 is 35.1 Å². The van der Waals surface area contributed by atoms with Gasteiger partial charge in [0.05, 0.1) is 32.3 Å². The number of hydrogen-bond acceptors (Lipinski definition) is 8. The smallest absolute Gasteiger partial charge is 0.341 e. The molecule has 0 amide bonds. The van der Waals surface area contributed by atoms with Crippen LogP contribution < -0.4 is 4.74 Å². The molecule has 0 aromatic heterocycles. The molecule has 0 fully saturated rings. The first kappa shape index (κ1) is 19.4. The zero-order chi connectivity index (χ0) is 18.3. The van der Waals surface area contributed by atoms with E-state index >= 15 is 0 Å². The van der Waals surface area contributed by atoms with Gasteiger partial charge in [-0.15, -0.1) is 0 Å². The van der Waals surface area contributed by atoms with E-state index in [1.807, 2.05) is 0 Å². The zero-order valence-corrected chi connectivity index (χ0v) is 14.1. The predicted octanol–water partition coefficient (Wildman–Crippen LogP) is 0.169. The number of nitrogens with zero attached hydrogens (tertiary/aromatic N) is 2. The Kier molecular flexibility index (Phi) is 6.69. The Balaban J connectivity index is 3.37. The summed E-state index contributed by atoms with van der Waals surface area (Å²) < 4.78 is 39.9. The summed E-state index contributed by atoms with van der Waals surface area (Å²) >= 11 is 0. The van der Waals surface area contributed by atoms with Crippen molar-refractivity contribution in [3.63, 3.8) is 0 Å². The molecule has 130 valence electrons. The lowest BCUT2D eigenvalue weighted by Crippen LogP contribution is -2.36. The third-order valence-electron chi connectivity index (χ3n) is 2.99. The lowest BCUT2D eigenvalue weighted by molar-refractivity contribution is -0.140. The molecule has 1 aromatic carbocycles. The van der Waals surface area contributed by atoms with Gasteiger partial charge in [-0.1, -0.05) is 0 Å². The zero-order valence-electron chi connectivity index (χ0n) is 13.3. The topological polar surface area (TPSA) is 123 Å². The normalized spacial score (nSPS) is 10.8. The largest absolute Gasteiger partial charge is 0.496 e. The number of carbonyl (C=O) groups is 2. The van der Waals surface area contributed by atoms with Gasteiger partial charge in [0, 0.05) is 0 Å². The van der Waals surface area contributed by atoms with Crippen molar-refractivity contribution in [2.45, 2.75) is 4.90 Å². The Bertz CT molecular complexity index is 768. The van der Waals surface area contributed by atoms with Crippen molar-refractivity contribution in [3.05, 3.63) is 23.8 Å². The number of methoxy groups -OCH3 is 3. The SMILES string of the molecule is COC(=O)CN(CC#N)S(=O)(=O)c1ccc(OC)c(C(=O)OC)c1. The van der Waals surface area contributed by atoms with Crippen LogP contribution in [0.25, 0.3) is 0 Å². The maximum Gasteiger partial charge on any atom is 0.341 e. The quantitative estimate of drug-likeness (QED) is 0.500. The fourth-order valence-corrected chi connectivity index (χ4v) is 3.09. The Morgan fingerprint density at radius 2 is 1.88 bits per heavy atom. The average molecular weight is 356 g/mol. The van der Waals surface area contributed by atoms with Crippen LogP contribution >= 0.6 is 0 Å². The number of carbonyl (C=O) groups excluding carboxylic acids is 2. The van der Waals surface area contributed by atoms with Gasteiger partial charge < -0.3 is 14.2 Å². The van der Waals surface area contributed by atoms with E-state index in [0.717, 1.165) is 20.3 Å². The molecule has 24 heavy (non-hydrogen) atoms. The number of esters is 2. The number of ether oxygens (including phenoxy) is 3. The van der Waals surface area contributed by atoms with Gasteiger partial charge in [-0.2, -0.15) is 9.57 Å². The third-order valence-corrected chi connectivity index (χ3v) is 4.78. The van der Waals surface area contributed by atoms with E-state index in [2.05, 4.69) is 9.47 Å². The second kappa shape index (κ2) is 8.28. The Labute approximate surface area is 139 Å². The second-order valence-corrected chi connectivity index (χ2v) is 6.30. The standard InChI is InChI=1S/C14H16N2O7S/c1-21-12-5-4-10(8-11(12)14(18)23-3)24(19,20)16(7-6-15)9-13(17)22-2/h4-5,8H,7,9H2,1-3H3. The van der Waals surface area contributed by atoms with E-state index in [1.165, 1.54) is 19.2 Å². The highest BCUT2D eigenvalue weighted by Gasteiger charge is 2.28. The number of nitriles is 1. The van der Waals surface area contributed by atoms with Crippen molar-refractivity contribution < 1.29 is 32.2 Å². The molecule has 9 nitrogen and oxygen atoms in total. The molecule has 0 unspecified atom stereocenters. The molecule has 10 heteroatoms. The van der Waals surface area contributed by atoms with E-state index in [1.54, 1.807) is 6.07 Å². The van der Waals surface area contributed by atoms with Crippen LogP contribution in [-0.4, -0.2) is 59.1 Å². The summed E-state index contributed by atoms with van der Waals surface area (Å²) in [6.45, 7) is -1.19. The monoisotopic (exact) mass is 356 g/mol. The number of hydrogen-bond donors (Lipinski definition) is 0. The molecule has 0 N–H and O–H groups in total. The minimum atomic E-state index is -4.21. The van der Waals surface area contributed by atoms with Crippen molar-refractivity contribution >= 4 is 22.0 Å². The van der Waals surface area contributed by atoms with Crippen LogP contribution in [0.15, 0.2) is 23.1 Å². The number of sulfonamides is 1. The van der Waals surface area contributed by atoms with Crippen molar-refractivity contribution in [1.82, 2.24) is 4.31 Å². The van der Waals surface area contributed by atoms with Gasteiger partial charge in [0.25, 0.3) is 0 Å². The van der Waals surface area contributed by atoms with Gasteiger partial charge >= 0.3 is 11.9 Å². The fraction of sp³-hybridized carbons (Fsp3) is 0.357. The van der Waals surface area contributed by atoms with Crippen molar-refractivity contribution in [1.29, 1.82) is 5.26 Å². The van der Waals surface area contributed by atoms with Crippen LogP contribution in [-0.2, 0) is 24.3 Å². The first-order valence-corrected chi connectivity index (χ1v) is 7.96. The molecule has 0 bridgehead atoms. The van der Waals surface area contributed by atoms with E-state index in [4.69, 9.17) is 10.00 Å². The summed E-state index contributed by atoms with van der Waals surface area (Å²) in [5.41, 5.74) is -0.101. The second-order valence-electron chi connectivity index (χ2n) is 4.36. The van der Waals surface area contributed by atoms with Gasteiger partial charge in [0.1, 0.15) is 24.4 Å². The summed E-state index contributed by atoms with van der Waals surface area (Å²) in [6, 6.07) is 5.20. The first-order valence-electron chi connectivity index (χ1n) is 6.52. The molecule has 0 aliphatic heterocycles. The van der Waals surface area contributed by atoms with Crippen molar-refractivity contribution in [3.8, 4) is 11.8 Å². The molecular weight excluding hydrogens is 340 g/mol. The summed E-state index contributed by atoms with van der Waals surface area (Å²) in [5, 5.41) is 8.79. The molecule has 0 saturated carbocycles. The maximum absolute atomic E-state index is 12.6. The third kappa shape index (κ3) is 4.21. The molecule has 1 aromatic rings. The van der Waals surface area contributed by atoms with Gasteiger partial charge in [0.15, 0.2) is 0 Å². The lowest BCUT2D eigenvalue weighted by atomic mass is 10.2. The molecule has 0 heterocycles. The number of rotatable bonds is 7. The van der Waals surface area contributed by atoms with Crippen LogP contribution in [0.3, 0.4) is 0 Å². The summed E-state index contributed by atoms with van der Waals surface area (Å²) in [6.07, 6.45) is 0. The number of benzene rings is 1. The van der Waals surface area contributed by atoms with Crippen molar-refractivity contribution in [2.24, 2.45) is 0 Å². The molecular formula is C14H16N2O7S. The van der Waals surface area contributed by atoms with Crippen LogP contribution in [0.2, 0.25) is 0 Å². The molecule has 0 saturated heterocycles. The Hall–Kier alpha value is -2.64. The average Bonchev–Trinajstić information content (AvgIpc) is 2.59. The minimum absolute atomic E-state index is 0.101. The maximum atomic E-state index is 12.6. The van der Waals surface area contributed by atoms with E-state index in [9.17, 15) is 18.0 Å². The summed E-state index contributed by atoms with van der Waals surface area (Å²) in [7, 11) is -0.656. The molecule has 0 aliphatic rings. The van der Waals surface area contributed by atoms with Crippen molar-refractivity contribution in [2.75, 3.05) is 34.4 Å². The molecule has 0 aliphatic carbocycles. The highest BCUT2D eigenvalue weighted by atomic mass is 32.2. The lowest BCUT2D eigenvalue weighted by Gasteiger charge is -2.18. The summed E-state index contributed by atoms with van der Waals surface area (Å²) in [5.74, 6) is -1.49. The van der Waals surface area contributed by atoms with Gasteiger partial charge in [-0.25, -0.2) is 13.2 Å². The Morgan fingerprint density at radius 1 is 1.21 bits per heavy atom. The van der Waals surface area contributed by atoms with Gasteiger partial charge in [-0.3, -0.25) is 4.79 Å². The van der Waals surface area contributed by atoms with Gasteiger partial charge in [0.2, 0.25) is 10.0 Å². The van der Waals surface area contributed by atoms with E-state index in [0.29, 0.717) is 4.31 Å². The van der Waals surface area contributed by atoms with Crippen LogP contribution in [0.4, 0.5) is 0 Å². The highest BCUT2D eigenvalue weighted by molar-refractivity contribution is 7.89.